The molecule has 1 amide bonds. The van der Waals surface area contributed by atoms with Gasteiger partial charge in [-0.15, -0.1) is 0 Å². The van der Waals surface area contributed by atoms with Gasteiger partial charge in [-0.3, -0.25) is 4.79 Å². The van der Waals surface area contributed by atoms with Gasteiger partial charge in [0.2, 0.25) is 0 Å². The Labute approximate surface area is 131 Å². The Bertz CT molecular complexity index is 478. The lowest BCUT2D eigenvalue weighted by atomic mass is 9.92. The summed E-state index contributed by atoms with van der Waals surface area (Å²) in [5.74, 6) is 0.606. The van der Waals surface area contributed by atoms with E-state index in [2.05, 4.69) is 6.92 Å². The van der Waals surface area contributed by atoms with Gasteiger partial charge >= 0.3 is 0 Å². The number of aryl methyl sites for hydroxylation is 1. The highest BCUT2D eigenvalue weighted by molar-refractivity contribution is 5.77. The van der Waals surface area contributed by atoms with Crippen LogP contribution in [-0.2, 0) is 11.2 Å². The van der Waals surface area contributed by atoms with Crippen molar-refractivity contribution in [2.24, 2.45) is 0 Å². The Balaban J connectivity index is 1.78. The van der Waals surface area contributed by atoms with Crippen molar-refractivity contribution >= 4 is 5.91 Å². The highest BCUT2D eigenvalue weighted by atomic mass is 16.5. The van der Waals surface area contributed by atoms with E-state index in [-0.39, 0.29) is 19.1 Å². The molecule has 0 bridgehead atoms. The topological polar surface area (TPSA) is 70.0 Å². The average Bonchev–Trinajstić information content (AvgIpc) is 2.55. The summed E-state index contributed by atoms with van der Waals surface area (Å²) in [6.45, 7) is 2.79. The van der Waals surface area contributed by atoms with E-state index in [1.54, 1.807) is 4.90 Å². The number of carbonyl (C=O) groups is 1. The third-order valence-corrected chi connectivity index (χ3v) is 4.17. The highest BCUT2D eigenvalue weighted by Gasteiger charge is 2.33. The van der Waals surface area contributed by atoms with E-state index >= 15 is 0 Å². The molecule has 2 rings (SSSR count). The minimum atomic E-state index is -1.03. The highest BCUT2D eigenvalue weighted by Crippen LogP contribution is 2.21. The number of likely N-dealkylation sites (tertiary alicyclic amines) is 1. The van der Waals surface area contributed by atoms with Crippen LogP contribution in [0.15, 0.2) is 24.3 Å². The van der Waals surface area contributed by atoms with Crippen LogP contribution in [0.2, 0.25) is 0 Å². The number of piperidine rings is 1. The smallest absolute Gasteiger partial charge is 0.260 e. The molecule has 1 aliphatic rings. The van der Waals surface area contributed by atoms with Crippen molar-refractivity contribution in [1.82, 2.24) is 4.90 Å². The molecule has 1 heterocycles. The molecule has 1 saturated heterocycles. The van der Waals surface area contributed by atoms with Gasteiger partial charge in [0.15, 0.2) is 6.61 Å². The molecule has 1 aromatic carbocycles. The number of benzene rings is 1. The van der Waals surface area contributed by atoms with Crippen molar-refractivity contribution in [2.45, 2.75) is 38.2 Å². The summed E-state index contributed by atoms with van der Waals surface area (Å²) < 4.78 is 5.53. The summed E-state index contributed by atoms with van der Waals surface area (Å²) in [4.78, 5) is 13.8. The van der Waals surface area contributed by atoms with Crippen LogP contribution >= 0.6 is 0 Å². The SMILES string of the molecule is CCCc1ccc(OCC(=O)N2CCC(O)(CO)CC2)cc1. The van der Waals surface area contributed by atoms with Crippen molar-refractivity contribution in [3.05, 3.63) is 29.8 Å². The quantitative estimate of drug-likeness (QED) is 0.832. The average molecular weight is 307 g/mol. The molecule has 0 radical (unpaired) electrons. The first-order valence-electron chi connectivity index (χ1n) is 7.89. The van der Waals surface area contributed by atoms with Crippen LogP contribution < -0.4 is 4.74 Å². The lowest BCUT2D eigenvalue weighted by Crippen LogP contribution is -2.49. The van der Waals surface area contributed by atoms with Gasteiger partial charge in [0.1, 0.15) is 5.75 Å². The monoisotopic (exact) mass is 307 g/mol. The van der Waals surface area contributed by atoms with Crippen molar-refractivity contribution in [3.8, 4) is 5.75 Å². The van der Waals surface area contributed by atoms with Crippen LogP contribution in [0.1, 0.15) is 31.7 Å². The number of ether oxygens (including phenoxy) is 1. The minimum Gasteiger partial charge on any atom is -0.484 e. The number of aliphatic hydroxyl groups is 2. The number of nitrogens with zero attached hydrogens (tertiary/aromatic N) is 1. The third kappa shape index (κ3) is 4.45. The second-order valence-corrected chi connectivity index (χ2v) is 5.95. The molecule has 0 aliphatic carbocycles. The standard InChI is InChI=1S/C17H25NO4/c1-2-3-14-4-6-15(7-5-14)22-12-16(20)18-10-8-17(21,13-19)9-11-18/h4-7,19,21H,2-3,8-13H2,1H3. The predicted molar refractivity (Wildman–Crippen MR) is 83.8 cm³/mol. The van der Waals surface area contributed by atoms with E-state index in [1.165, 1.54) is 5.56 Å². The summed E-state index contributed by atoms with van der Waals surface area (Å²) in [6, 6.07) is 7.81. The molecule has 1 aliphatic heterocycles. The van der Waals surface area contributed by atoms with E-state index < -0.39 is 5.60 Å². The van der Waals surface area contributed by atoms with Gasteiger partial charge in [0.25, 0.3) is 5.91 Å². The van der Waals surface area contributed by atoms with Crippen LogP contribution in [-0.4, -0.2) is 52.9 Å². The Kier molecular flexibility index (Phi) is 5.80. The summed E-state index contributed by atoms with van der Waals surface area (Å²) >= 11 is 0. The van der Waals surface area contributed by atoms with Gasteiger partial charge in [-0.2, -0.15) is 0 Å². The number of hydrogen-bond donors (Lipinski definition) is 2. The molecule has 5 nitrogen and oxygen atoms in total. The number of carbonyl (C=O) groups excluding carboxylic acids is 1. The fourth-order valence-electron chi connectivity index (χ4n) is 2.61. The van der Waals surface area contributed by atoms with Gasteiger partial charge in [0, 0.05) is 13.1 Å². The van der Waals surface area contributed by atoms with Gasteiger partial charge in [-0.05, 0) is 37.0 Å². The summed E-state index contributed by atoms with van der Waals surface area (Å²) in [5, 5.41) is 19.0. The summed E-state index contributed by atoms with van der Waals surface area (Å²) in [7, 11) is 0. The first kappa shape index (κ1) is 16.8. The molecular formula is C17H25NO4. The largest absolute Gasteiger partial charge is 0.484 e. The molecule has 2 N–H and O–H groups in total. The van der Waals surface area contributed by atoms with E-state index in [9.17, 15) is 9.90 Å². The number of aliphatic hydroxyl groups excluding tert-OH is 1. The van der Waals surface area contributed by atoms with Crippen LogP contribution in [0.4, 0.5) is 0 Å². The van der Waals surface area contributed by atoms with Gasteiger partial charge in [0.05, 0.1) is 12.2 Å². The van der Waals surface area contributed by atoms with Crippen molar-refractivity contribution < 1.29 is 19.7 Å². The third-order valence-electron chi connectivity index (χ3n) is 4.17. The first-order chi connectivity index (χ1) is 10.6. The second-order valence-electron chi connectivity index (χ2n) is 5.95. The zero-order valence-electron chi connectivity index (χ0n) is 13.1. The normalized spacial score (nSPS) is 17.3. The first-order valence-corrected chi connectivity index (χ1v) is 7.89. The van der Waals surface area contributed by atoms with Crippen LogP contribution in [0.3, 0.4) is 0 Å². The Hall–Kier alpha value is -1.59. The number of amides is 1. The van der Waals surface area contributed by atoms with E-state index in [0.29, 0.717) is 31.7 Å². The van der Waals surface area contributed by atoms with E-state index in [0.717, 1.165) is 12.8 Å². The Morgan fingerprint density at radius 3 is 2.45 bits per heavy atom. The molecule has 0 saturated carbocycles. The van der Waals surface area contributed by atoms with Gasteiger partial charge in [-0.25, -0.2) is 0 Å². The van der Waals surface area contributed by atoms with Crippen molar-refractivity contribution in [1.29, 1.82) is 0 Å². The van der Waals surface area contributed by atoms with Crippen LogP contribution in [0, 0.1) is 0 Å². The zero-order valence-corrected chi connectivity index (χ0v) is 13.1. The zero-order chi connectivity index (χ0) is 16.0. The fourth-order valence-corrected chi connectivity index (χ4v) is 2.61. The van der Waals surface area contributed by atoms with E-state index in [4.69, 9.17) is 9.84 Å². The molecule has 22 heavy (non-hydrogen) atoms. The lowest BCUT2D eigenvalue weighted by Gasteiger charge is -2.36. The molecule has 5 heteroatoms. The van der Waals surface area contributed by atoms with Gasteiger partial charge in [-0.1, -0.05) is 25.5 Å². The minimum absolute atomic E-state index is 0.00464. The number of hydrogen-bond acceptors (Lipinski definition) is 4. The Morgan fingerprint density at radius 2 is 1.91 bits per heavy atom. The second kappa shape index (κ2) is 7.61. The number of rotatable bonds is 6. The maximum Gasteiger partial charge on any atom is 0.260 e. The fraction of sp³-hybridized carbons (Fsp3) is 0.588. The molecule has 122 valence electrons. The van der Waals surface area contributed by atoms with Gasteiger partial charge < -0.3 is 19.8 Å². The Morgan fingerprint density at radius 1 is 1.27 bits per heavy atom. The lowest BCUT2D eigenvalue weighted by molar-refractivity contribution is -0.139. The van der Waals surface area contributed by atoms with Crippen LogP contribution in [0.25, 0.3) is 0 Å². The maximum atomic E-state index is 12.1. The predicted octanol–water partition coefficient (Wildman–Crippen LogP) is 1.36. The van der Waals surface area contributed by atoms with Crippen molar-refractivity contribution in [2.75, 3.05) is 26.3 Å². The molecule has 1 aromatic rings. The summed E-state index contributed by atoms with van der Waals surface area (Å²) in [5.41, 5.74) is 0.229. The molecular weight excluding hydrogens is 282 g/mol. The molecule has 1 fully saturated rings. The van der Waals surface area contributed by atoms with Crippen molar-refractivity contribution in [3.63, 3.8) is 0 Å². The molecule has 0 aromatic heterocycles. The molecule has 0 atom stereocenters. The van der Waals surface area contributed by atoms with E-state index in [1.807, 2.05) is 24.3 Å². The maximum absolute atomic E-state index is 12.1. The van der Waals surface area contributed by atoms with Crippen LogP contribution in [0.5, 0.6) is 5.75 Å². The molecule has 0 spiro atoms. The molecule has 0 unspecified atom stereocenters. The summed E-state index contributed by atoms with van der Waals surface area (Å²) in [6.07, 6.45) is 2.95.